The number of allylic oxidation sites excluding steroid dienone is 1. The zero-order valence-corrected chi connectivity index (χ0v) is 17.7. The Balaban J connectivity index is 1.24. The molecule has 2 aliphatic rings. The quantitative estimate of drug-likeness (QED) is 0.329. The maximum atomic E-state index is 11.1. The molecule has 1 aliphatic carbocycles. The molecule has 6 nitrogen and oxygen atoms in total. The summed E-state index contributed by atoms with van der Waals surface area (Å²) in [5.74, 6) is 0. The van der Waals surface area contributed by atoms with Gasteiger partial charge in [-0.1, -0.05) is 60.7 Å². The Labute approximate surface area is 187 Å². The highest BCUT2D eigenvalue weighted by Gasteiger charge is 2.33. The Morgan fingerprint density at radius 3 is 2.09 bits per heavy atom. The molecule has 32 heavy (non-hydrogen) atoms. The molecule has 6 heteroatoms. The molecule has 1 fully saturated rings. The van der Waals surface area contributed by atoms with Crippen molar-refractivity contribution in [3.63, 3.8) is 0 Å². The van der Waals surface area contributed by atoms with Gasteiger partial charge in [0.15, 0.2) is 0 Å². The summed E-state index contributed by atoms with van der Waals surface area (Å²) in [4.78, 5) is 13.3. The monoisotopic (exact) mass is 424 g/mol. The van der Waals surface area contributed by atoms with E-state index >= 15 is 0 Å². The van der Waals surface area contributed by atoms with Gasteiger partial charge < -0.3 is 0 Å². The van der Waals surface area contributed by atoms with Crippen LogP contribution in [0.3, 0.4) is 0 Å². The maximum absolute atomic E-state index is 11.1. The summed E-state index contributed by atoms with van der Waals surface area (Å²) in [6.07, 6.45) is 5.20. The lowest BCUT2D eigenvalue weighted by molar-refractivity contribution is -0.385. The first-order valence-corrected chi connectivity index (χ1v) is 10.8. The van der Waals surface area contributed by atoms with Crippen molar-refractivity contribution >= 4 is 18.0 Å². The molecule has 1 aliphatic heterocycles. The Kier molecular flexibility index (Phi) is 5.52. The largest absolute Gasteiger partial charge is 0.294 e. The predicted octanol–water partition coefficient (Wildman–Crippen LogP) is 4.98. The highest BCUT2D eigenvalue weighted by Crippen LogP contribution is 2.46. The first-order chi connectivity index (χ1) is 15.7. The van der Waals surface area contributed by atoms with Gasteiger partial charge in [-0.15, -0.1) is 0 Å². The van der Waals surface area contributed by atoms with E-state index in [1.807, 2.05) is 0 Å². The molecule has 0 spiro atoms. The molecule has 5 rings (SSSR count). The van der Waals surface area contributed by atoms with E-state index in [0.717, 1.165) is 26.2 Å². The van der Waals surface area contributed by atoms with Crippen LogP contribution in [0.4, 0.5) is 5.69 Å². The average molecular weight is 425 g/mol. The molecule has 3 aromatic carbocycles. The van der Waals surface area contributed by atoms with Gasteiger partial charge in [0, 0.05) is 38.5 Å². The van der Waals surface area contributed by atoms with Gasteiger partial charge in [-0.3, -0.25) is 20.0 Å². The van der Waals surface area contributed by atoms with Crippen LogP contribution in [0.15, 0.2) is 84.0 Å². The number of benzene rings is 3. The molecule has 0 saturated carbocycles. The van der Waals surface area contributed by atoms with Gasteiger partial charge in [-0.05, 0) is 40.5 Å². The van der Waals surface area contributed by atoms with Crippen molar-refractivity contribution in [2.75, 3.05) is 26.2 Å². The fourth-order valence-corrected chi connectivity index (χ4v) is 4.68. The van der Waals surface area contributed by atoms with Crippen LogP contribution in [0.5, 0.6) is 0 Å². The van der Waals surface area contributed by atoms with Gasteiger partial charge in [0.25, 0.3) is 5.69 Å². The van der Waals surface area contributed by atoms with Crippen LogP contribution in [0, 0.1) is 10.1 Å². The lowest BCUT2D eigenvalue weighted by Gasteiger charge is -2.37. The number of piperazine rings is 1. The van der Waals surface area contributed by atoms with E-state index in [4.69, 9.17) is 0 Å². The van der Waals surface area contributed by atoms with Crippen molar-refractivity contribution in [3.8, 4) is 11.1 Å². The molecule has 0 bridgehead atoms. The summed E-state index contributed by atoms with van der Waals surface area (Å²) in [6.45, 7) is 3.55. The summed E-state index contributed by atoms with van der Waals surface area (Å²) >= 11 is 0. The van der Waals surface area contributed by atoms with Crippen LogP contribution in [0.1, 0.15) is 22.7 Å². The second-order valence-electron chi connectivity index (χ2n) is 8.01. The SMILES string of the molecule is O=[N+]([O-])c1ccccc1C=CC=NN1CCN(C2c3ccccc3-c3ccccc32)CC1. The van der Waals surface area contributed by atoms with E-state index in [2.05, 4.69) is 63.5 Å². The third-order valence-electron chi connectivity index (χ3n) is 6.18. The van der Waals surface area contributed by atoms with E-state index in [1.165, 1.54) is 28.3 Å². The third kappa shape index (κ3) is 3.81. The minimum atomic E-state index is -0.366. The van der Waals surface area contributed by atoms with Crippen molar-refractivity contribution in [2.45, 2.75) is 6.04 Å². The number of hydrogen-bond acceptors (Lipinski definition) is 5. The summed E-state index contributed by atoms with van der Waals surface area (Å²) < 4.78 is 0. The highest BCUT2D eigenvalue weighted by molar-refractivity contribution is 5.80. The van der Waals surface area contributed by atoms with Crippen LogP contribution in [0.25, 0.3) is 17.2 Å². The minimum Gasteiger partial charge on any atom is -0.294 e. The lowest BCUT2D eigenvalue weighted by atomic mass is 10.0. The zero-order chi connectivity index (χ0) is 21.9. The molecule has 0 atom stereocenters. The number of fused-ring (bicyclic) bond motifs is 3. The van der Waals surface area contributed by atoms with Gasteiger partial charge in [-0.25, -0.2) is 0 Å². The van der Waals surface area contributed by atoms with Crippen LogP contribution < -0.4 is 0 Å². The molecule has 1 saturated heterocycles. The number of hydrazone groups is 1. The number of nitro benzene ring substituents is 1. The molecule has 0 radical (unpaired) electrons. The fourth-order valence-electron chi connectivity index (χ4n) is 4.68. The number of hydrogen-bond donors (Lipinski definition) is 0. The van der Waals surface area contributed by atoms with Gasteiger partial charge in [-0.2, -0.15) is 5.10 Å². The second-order valence-corrected chi connectivity index (χ2v) is 8.01. The van der Waals surface area contributed by atoms with Gasteiger partial charge >= 0.3 is 0 Å². The molecule has 0 unspecified atom stereocenters. The van der Waals surface area contributed by atoms with Gasteiger partial charge in [0.2, 0.25) is 0 Å². The normalized spacial score (nSPS) is 16.6. The topological polar surface area (TPSA) is 62.0 Å². The van der Waals surface area contributed by atoms with Crippen molar-refractivity contribution in [2.24, 2.45) is 5.10 Å². The van der Waals surface area contributed by atoms with Crippen LogP contribution >= 0.6 is 0 Å². The van der Waals surface area contributed by atoms with Crippen LogP contribution in [-0.4, -0.2) is 47.2 Å². The maximum Gasteiger partial charge on any atom is 0.276 e. The number of nitrogens with zero attached hydrogens (tertiary/aromatic N) is 4. The Morgan fingerprint density at radius 2 is 1.44 bits per heavy atom. The first kappa shape index (κ1) is 20.2. The van der Waals surface area contributed by atoms with Crippen molar-refractivity contribution in [1.82, 2.24) is 9.91 Å². The molecule has 1 heterocycles. The summed E-state index contributed by atoms with van der Waals surface area (Å²) in [6, 6.07) is 24.4. The molecular weight excluding hydrogens is 400 g/mol. The van der Waals surface area contributed by atoms with Gasteiger partial charge in [0.05, 0.1) is 16.5 Å². The standard InChI is InChI=1S/C26H24N4O2/c31-30(32)25-14-6-1-8-20(25)9-7-15-27-29-18-16-28(17-19-29)26-23-12-4-2-10-21(23)22-11-3-5-13-24(22)26/h1-15,26H,16-19H2. The highest BCUT2D eigenvalue weighted by atomic mass is 16.6. The summed E-state index contributed by atoms with van der Waals surface area (Å²) in [7, 11) is 0. The second kappa shape index (κ2) is 8.77. The lowest BCUT2D eigenvalue weighted by Crippen LogP contribution is -2.45. The van der Waals surface area contributed by atoms with Crippen molar-refractivity contribution in [1.29, 1.82) is 0 Å². The minimum absolute atomic E-state index is 0.0999. The summed E-state index contributed by atoms with van der Waals surface area (Å²) in [5.41, 5.74) is 6.13. The van der Waals surface area contributed by atoms with E-state index in [0.29, 0.717) is 11.6 Å². The van der Waals surface area contributed by atoms with Crippen molar-refractivity contribution in [3.05, 3.63) is 106 Å². The zero-order valence-electron chi connectivity index (χ0n) is 17.7. The van der Waals surface area contributed by atoms with E-state index in [9.17, 15) is 10.1 Å². The third-order valence-corrected chi connectivity index (χ3v) is 6.18. The molecule has 3 aromatic rings. The number of para-hydroxylation sites is 1. The van der Waals surface area contributed by atoms with Crippen LogP contribution in [-0.2, 0) is 0 Å². The smallest absolute Gasteiger partial charge is 0.276 e. The number of nitro groups is 1. The first-order valence-electron chi connectivity index (χ1n) is 10.8. The molecule has 0 N–H and O–H groups in total. The Bertz CT molecular complexity index is 1150. The molecular formula is C26H24N4O2. The number of rotatable bonds is 5. The molecule has 0 amide bonds. The Morgan fingerprint density at radius 1 is 0.844 bits per heavy atom. The molecule has 160 valence electrons. The van der Waals surface area contributed by atoms with E-state index in [-0.39, 0.29) is 10.6 Å². The van der Waals surface area contributed by atoms with Gasteiger partial charge in [0.1, 0.15) is 0 Å². The fraction of sp³-hybridized carbons (Fsp3) is 0.192. The van der Waals surface area contributed by atoms with Crippen molar-refractivity contribution < 1.29 is 4.92 Å². The van der Waals surface area contributed by atoms with Crippen LogP contribution in [0.2, 0.25) is 0 Å². The predicted molar refractivity (Wildman–Crippen MR) is 127 cm³/mol. The average Bonchev–Trinajstić information content (AvgIpc) is 3.17. The Hall–Kier alpha value is -3.77. The van der Waals surface area contributed by atoms with E-state index < -0.39 is 0 Å². The summed E-state index contributed by atoms with van der Waals surface area (Å²) in [5, 5.41) is 17.7. The molecule has 0 aromatic heterocycles. The van der Waals surface area contributed by atoms with E-state index in [1.54, 1.807) is 36.6 Å².